The first-order valence-electron chi connectivity index (χ1n) is 4.63. The summed E-state index contributed by atoms with van der Waals surface area (Å²) in [5, 5.41) is 3.55. The molecule has 78 valence electrons. The Hall–Kier alpha value is -1.06. The van der Waals surface area contributed by atoms with Crippen molar-refractivity contribution >= 4 is 22.9 Å². The van der Waals surface area contributed by atoms with Gasteiger partial charge in [0, 0.05) is 17.1 Å². The Morgan fingerprint density at radius 1 is 1.47 bits per heavy atom. The van der Waals surface area contributed by atoms with Gasteiger partial charge in [0.1, 0.15) is 10.8 Å². The number of aromatic nitrogens is 1. The summed E-state index contributed by atoms with van der Waals surface area (Å²) in [7, 11) is 0. The van der Waals surface area contributed by atoms with Crippen molar-refractivity contribution in [1.82, 2.24) is 4.98 Å². The molecule has 2 nitrogen and oxygen atoms in total. The lowest BCUT2D eigenvalue weighted by atomic mass is 10.2. The van der Waals surface area contributed by atoms with Crippen LogP contribution in [0.25, 0.3) is 10.6 Å². The standard InChI is InChI=1S/C11H10ClNOS/c1-2-14-10-4-3-8(7-9(10)12)11-13-5-6-15-11/h3-7H,2H2,1H3. The fraction of sp³-hybridized carbons (Fsp3) is 0.182. The highest BCUT2D eigenvalue weighted by atomic mass is 35.5. The highest BCUT2D eigenvalue weighted by Gasteiger charge is 2.05. The number of thiazole rings is 1. The molecule has 0 saturated carbocycles. The van der Waals surface area contributed by atoms with Crippen LogP contribution in [0.5, 0.6) is 5.75 Å². The molecule has 1 aromatic heterocycles. The minimum absolute atomic E-state index is 0.621. The second-order valence-corrected chi connectivity index (χ2v) is 4.22. The minimum atomic E-state index is 0.621. The van der Waals surface area contributed by atoms with Gasteiger partial charge in [0.05, 0.1) is 11.6 Å². The van der Waals surface area contributed by atoms with Crippen molar-refractivity contribution in [2.45, 2.75) is 6.92 Å². The van der Waals surface area contributed by atoms with Crippen LogP contribution in [0, 0.1) is 0 Å². The quantitative estimate of drug-likeness (QED) is 0.812. The average Bonchev–Trinajstić information content (AvgIpc) is 2.74. The number of hydrogen-bond donors (Lipinski definition) is 0. The summed E-state index contributed by atoms with van der Waals surface area (Å²) in [6.07, 6.45) is 1.78. The van der Waals surface area contributed by atoms with Gasteiger partial charge in [0.15, 0.2) is 0 Å². The molecular weight excluding hydrogens is 230 g/mol. The summed E-state index contributed by atoms with van der Waals surface area (Å²) in [6, 6.07) is 5.73. The van der Waals surface area contributed by atoms with E-state index in [-0.39, 0.29) is 0 Å². The van der Waals surface area contributed by atoms with E-state index in [0.29, 0.717) is 11.6 Å². The fourth-order valence-corrected chi connectivity index (χ4v) is 2.14. The van der Waals surface area contributed by atoms with Crippen molar-refractivity contribution < 1.29 is 4.74 Å². The van der Waals surface area contributed by atoms with Crippen LogP contribution in [0.2, 0.25) is 5.02 Å². The summed E-state index contributed by atoms with van der Waals surface area (Å²) < 4.78 is 5.36. The number of ether oxygens (including phenoxy) is 1. The highest BCUT2D eigenvalue weighted by Crippen LogP contribution is 2.31. The van der Waals surface area contributed by atoms with Gasteiger partial charge in [-0.1, -0.05) is 11.6 Å². The number of halogens is 1. The van der Waals surface area contributed by atoms with Gasteiger partial charge in [-0.25, -0.2) is 4.98 Å². The normalized spacial score (nSPS) is 10.3. The molecule has 15 heavy (non-hydrogen) atoms. The first kappa shape index (κ1) is 10.5. The van der Waals surface area contributed by atoms with Gasteiger partial charge in [0.2, 0.25) is 0 Å². The molecule has 2 aromatic rings. The summed E-state index contributed by atoms with van der Waals surface area (Å²) >= 11 is 7.67. The topological polar surface area (TPSA) is 22.1 Å². The van der Waals surface area contributed by atoms with E-state index in [2.05, 4.69) is 4.98 Å². The molecule has 0 aliphatic rings. The predicted molar refractivity (Wildman–Crippen MR) is 63.7 cm³/mol. The zero-order chi connectivity index (χ0) is 10.7. The van der Waals surface area contributed by atoms with Crippen LogP contribution in [0.15, 0.2) is 29.8 Å². The first-order chi connectivity index (χ1) is 7.31. The van der Waals surface area contributed by atoms with Crippen molar-refractivity contribution in [3.8, 4) is 16.3 Å². The molecule has 0 radical (unpaired) electrons. The number of rotatable bonds is 3. The van der Waals surface area contributed by atoms with E-state index in [4.69, 9.17) is 16.3 Å². The van der Waals surface area contributed by atoms with Gasteiger partial charge in [-0.3, -0.25) is 0 Å². The SMILES string of the molecule is CCOc1ccc(-c2nccs2)cc1Cl. The molecule has 0 aliphatic carbocycles. The second-order valence-electron chi connectivity index (χ2n) is 2.92. The summed E-state index contributed by atoms with van der Waals surface area (Å²) in [6.45, 7) is 2.56. The summed E-state index contributed by atoms with van der Waals surface area (Å²) in [5.74, 6) is 0.722. The summed E-state index contributed by atoms with van der Waals surface area (Å²) in [5.41, 5.74) is 1.03. The van der Waals surface area contributed by atoms with Gasteiger partial charge >= 0.3 is 0 Å². The van der Waals surface area contributed by atoms with Crippen LogP contribution < -0.4 is 4.74 Å². The van der Waals surface area contributed by atoms with Crippen molar-refractivity contribution in [1.29, 1.82) is 0 Å². The van der Waals surface area contributed by atoms with Crippen LogP contribution in [-0.4, -0.2) is 11.6 Å². The van der Waals surface area contributed by atoms with Crippen LogP contribution in [0.1, 0.15) is 6.92 Å². The molecule has 1 heterocycles. The molecule has 2 rings (SSSR count). The lowest BCUT2D eigenvalue weighted by Gasteiger charge is -2.06. The van der Waals surface area contributed by atoms with E-state index in [1.54, 1.807) is 17.5 Å². The van der Waals surface area contributed by atoms with Crippen molar-refractivity contribution in [3.05, 3.63) is 34.8 Å². The fourth-order valence-electron chi connectivity index (χ4n) is 1.27. The highest BCUT2D eigenvalue weighted by molar-refractivity contribution is 7.13. The molecule has 0 N–H and O–H groups in total. The van der Waals surface area contributed by atoms with E-state index in [9.17, 15) is 0 Å². The van der Waals surface area contributed by atoms with E-state index >= 15 is 0 Å². The molecule has 1 aromatic carbocycles. The maximum atomic E-state index is 6.08. The molecule has 4 heteroatoms. The van der Waals surface area contributed by atoms with Crippen molar-refractivity contribution in [2.75, 3.05) is 6.61 Å². The van der Waals surface area contributed by atoms with Crippen LogP contribution in [0.4, 0.5) is 0 Å². The average molecular weight is 240 g/mol. The Morgan fingerprint density at radius 3 is 2.93 bits per heavy atom. The van der Waals surface area contributed by atoms with Crippen LogP contribution in [0.3, 0.4) is 0 Å². The summed E-state index contributed by atoms with van der Waals surface area (Å²) in [4.78, 5) is 4.22. The van der Waals surface area contributed by atoms with Crippen molar-refractivity contribution in [2.24, 2.45) is 0 Å². The molecule has 0 bridgehead atoms. The molecular formula is C11H10ClNOS. The molecule has 0 amide bonds. The number of nitrogens with zero attached hydrogens (tertiary/aromatic N) is 1. The Kier molecular flexibility index (Phi) is 3.23. The lowest BCUT2D eigenvalue weighted by molar-refractivity contribution is 0.340. The van der Waals surface area contributed by atoms with Gasteiger partial charge in [-0.05, 0) is 25.1 Å². The van der Waals surface area contributed by atoms with E-state index in [1.165, 1.54) is 0 Å². The van der Waals surface area contributed by atoms with Gasteiger partial charge < -0.3 is 4.74 Å². The third-order valence-corrected chi connectivity index (χ3v) is 3.03. The maximum Gasteiger partial charge on any atom is 0.137 e. The zero-order valence-electron chi connectivity index (χ0n) is 8.24. The Labute approximate surface area is 97.5 Å². The van der Waals surface area contributed by atoms with Gasteiger partial charge in [-0.15, -0.1) is 11.3 Å². The Balaban J connectivity index is 2.33. The third kappa shape index (κ3) is 2.30. The Bertz CT molecular complexity index is 442. The van der Waals surface area contributed by atoms with E-state index in [1.807, 2.05) is 30.5 Å². The lowest BCUT2D eigenvalue weighted by Crippen LogP contribution is -1.92. The van der Waals surface area contributed by atoms with Crippen LogP contribution in [-0.2, 0) is 0 Å². The van der Waals surface area contributed by atoms with Gasteiger partial charge in [0.25, 0.3) is 0 Å². The zero-order valence-corrected chi connectivity index (χ0v) is 9.81. The van der Waals surface area contributed by atoms with E-state index in [0.717, 1.165) is 16.3 Å². The molecule has 0 unspecified atom stereocenters. The number of benzene rings is 1. The monoisotopic (exact) mass is 239 g/mol. The molecule has 0 atom stereocenters. The largest absolute Gasteiger partial charge is 0.492 e. The first-order valence-corrected chi connectivity index (χ1v) is 5.89. The second kappa shape index (κ2) is 4.64. The predicted octanol–water partition coefficient (Wildman–Crippen LogP) is 3.86. The van der Waals surface area contributed by atoms with Gasteiger partial charge in [-0.2, -0.15) is 0 Å². The smallest absolute Gasteiger partial charge is 0.137 e. The molecule has 0 spiro atoms. The molecule has 0 saturated heterocycles. The third-order valence-electron chi connectivity index (χ3n) is 1.91. The van der Waals surface area contributed by atoms with E-state index < -0.39 is 0 Å². The van der Waals surface area contributed by atoms with Crippen LogP contribution >= 0.6 is 22.9 Å². The van der Waals surface area contributed by atoms with Crippen molar-refractivity contribution in [3.63, 3.8) is 0 Å². The maximum absolute atomic E-state index is 6.08. The Morgan fingerprint density at radius 2 is 2.33 bits per heavy atom. The minimum Gasteiger partial charge on any atom is -0.492 e. The molecule has 0 fully saturated rings. The molecule has 0 aliphatic heterocycles. The number of hydrogen-bond acceptors (Lipinski definition) is 3.